The van der Waals surface area contributed by atoms with Crippen LogP contribution in [-0.2, 0) is 18.3 Å². The average Bonchev–Trinajstić information content (AvgIpc) is 3.09. The maximum atomic E-state index is 4.64. The number of fused-ring (bicyclic) bond motifs is 9. The Kier molecular flexibility index (Phi) is 5.89. The summed E-state index contributed by atoms with van der Waals surface area (Å²) in [5.41, 5.74) is 14.0. The Morgan fingerprint density at radius 2 is 1.35 bits per heavy atom. The summed E-state index contributed by atoms with van der Waals surface area (Å²) < 4.78 is 4.94. The smallest absolute Gasteiger partial charge is 0.256 e. The number of allylic oxidation sites excluding steroid dienone is 2. The lowest BCUT2D eigenvalue weighted by Gasteiger charge is -2.24. The lowest BCUT2D eigenvalue weighted by molar-refractivity contribution is -0.602. The Balaban J connectivity index is 1.29. The van der Waals surface area contributed by atoms with E-state index in [0.29, 0.717) is 0 Å². The second-order valence-corrected chi connectivity index (χ2v) is 13.7. The molecule has 0 unspecified atom stereocenters. The molecule has 2 aliphatic rings. The van der Waals surface area contributed by atoms with Gasteiger partial charge < -0.3 is 0 Å². The van der Waals surface area contributed by atoms with E-state index in [1.54, 1.807) is 0 Å². The zero-order valence-corrected chi connectivity index (χ0v) is 26.5. The molecular weight excluding hydrogens is 558 g/mol. The summed E-state index contributed by atoms with van der Waals surface area (Å²) in [6.45, 7) is 6.91. The Morgan fingerprint density at radius 3 is 2.22 bits per heavy atom. The molecular formula is C43H35N3+2. The van der Waals surface area contributed by atoms with Gasteiger partial charge in [-0.15, -0.1) is 0 Å². The summed E-state index contributed by atoms with van der Waals surface area (Å²) in [7, 11) is 0. The van der Waals surface area contributed by atoms with Gasteiger partial charge in [0.2, 0.25) is 11.4 Å². The molecule has 3 nitrogen and oxygen atoms in total. The SMILES string of the molecule is CC(C)(C)c1ccc2[n+](c1)/C(=C1\Cc3ccc(-c4ccccn4)cc3-c3cccc[n+]31)Cc1cc3ccc4ccccc4c3cc1-2. The predicted molar refractivity (Wildman–Crippen MR) is 188 cm³/mol. The Hall–Kier alpha value is -5.41. The van der Waals surface area contributed by atoms with Crippen molar-refractivity contribution in [3.8, 4) is 33.8 Å². The van der Waals surface area contributed by atoms with Crippen molar-refractivity contribution in [2.45, 2.75) is 39.0 Å². The molecule has 2 aliphatic heterocycles. The van der Waals surface area contributed by atoms with E-state index in [1.807, 2.05) is 12.3 Å². The number of pyridine rings is 3. The topological polar surface area (TPSA) is 20.6 Å². The van der Waals surface area contributed by atoms with Crippen molar-refractivity contribution >= 4 is 32.9 Å². The van der Waals surface area contributed by atoms with Crippen LogP contribution >= 0.6 is 0 Å². The zero-order valence-electron chi connectivity index (χ0n) is 26.5. The van der Waals surface area contributed by atoms with Gasteiger partial charge >= 0.3 is 0 Å². The molecule has 46 heavy (non-hydrogen) atoms. The van der Waals surface area contributed by atoms with Crippen molar-refractivity contribution < 1.29 is 9.13 Å². The van der Waals surface area contributed by atoms with Crippen molar-refractivity contribution in [1.82, 2.24) is 4.98 Å². The number of hydrogen-bond acceptors (Lipinski definition) is 1. The van der Waals surface area contributed by atoms with Crippen LogP contribution in [0.25, 0.3) is 66.7 Å². The molecule has 220 valence electrons. The van der Waals surface area contributed by atoms with Crippen LogP contribution in [0.4, 0.5) is 0 Å². The fraction of sp³-hybridized carbons (Fsp3) is 0.140. The van der Waals surface area contributed by atoms with Gasteiger partial charge in [0.05, 0.1) is 29.7 Å². The molecule has 0 saturated carbocycles. The van der Waals surface area contributed by atoms with E-state index in [1.165, 1.54) is 72.1 Å². The minimum Gasteiger partial charge on any atom is -0.256 e. The molecule has 7 aromatic rings. The van der Waals surface area contributed by atoms with Crippen molar-refractivity contribution in [1.29, 1.82) is 0 Å². The highest BCUT2D eigenvalue weighted by molar-refractivity contribution is 6.09. The standard InChI is InChI=1S/C43H35N3/c1-43(2,3)33-18-19-40-37-26-35-29(15-14-28-10-4-5-11-34(28)35)22-32(37)25-42(46(40)27-33)41-24-30-16-17-31(38-12-6-8-20-44-38)23-36(30)39-13-7-9-21-45(39)41/h4-23,26-27H,24-25H2,1-3H3/q+2/b42-41+. The molecule has 9 rings (SSSR count). The fourth-order valence-electron chi connectivity index (χ4n) is 7.45. The maximum Gasteiger partial charge on any atom is 0.259 e. The first-order chi connectivity index (χ1) is 22.4. The maximum absolute atomic E-state index is 4.64. The molecule has 0 N–H and O–H groups in total. The number of nitrogens with zero attached hydrogens (tertiary/aromatic N) is 3. The van der Waals surface area contributed by atoms with E-state index in [9.17, 15) is 0 Å². The third kappa shape index (κ3) is 4.23. The summed E-state index contributed by atoms with van der Waals surface area (Å²) >= 11 is 0. The van der Waals surface area contributed by atoms with E-state index >= 15 is 0 Å². The van der Waals surface area contributed by atoms with Gasteiger partial charge in [-0.1, -0.05) is 75.4 Å². The monoisotopic (exact) mass is 593 g/mol. The highest BCUT2D eigenvalue weighted by atomic mass is 15.1. The normalized spacial score (nSPS) is 15.3. The predicted octanol–water partition coefficient (Wildman–Crippen LogP) is 9.20. The number of rotatable bonds is 1. The van der Waals surface area contributed by atoms with Crippen molar-refractivity contribution in [2.24, 2.45) is 0 Å². The van der Waals surface area contributed by atoms with Gasteiger partial charge in [0.1, 0.15) is 0 Å². The molecule has 0 amide bonds. The summed E-state index contributed by atoms with van der Waals surface area (Å²) in [4.78, 5) is 4.64. The number of benzene rings is 4. The molecule has 3 aromatic heterocycles. The first-order valence-electron chi connectivity index (χ1n) is 16.2. The van der Waals surface area contributed by atoms with Crippen LogP contribution in [-0.4, -0.2) is 4.98 Å². The third-order valence-electron chi connectivity index (χ3n) is 9.90. The zero-order chi connectivity index (χ0) is 31.0. The number of aromatic nitrogens is 3. The molecule has 0 radical (unpaired) electrons. The second kappa shape index (κ2) is 10.1. The van der Waals surface area contributed by atoms with Gasteiger partial charge in [0, 0.05) is 35.5 Å². The number of hydrogen-bond donors (Lipinski definition) is 0. The van der Waals surface area contributed by atoms with Crippen LogP contribution in [0.1, 0.15) is 37.5 Å². The first kappa shape index (κ1) is 26.9. The largest absolute Gasteiger partial charge is 0.259 e. The van der Waals surface area contributed by atoms with Crippen LogP contribution in [0.2, 0.25) is 0 Å². The second-order valence-electron chi connectivity index (χ2n) is 13.7. The van der Waals surface area contributed by atoms with Crippen molar-refractivity contribution in [3.05, 3.63) is 151 Å². The summed E-state index contributed by atoms with van der Waals surface area (Å²) in [6, 6.07) is 42.4. The highest BCUT2D eigenvalue weighted by Crippen LogP contribution is 2.39. The third-order valence-corrected chi connectivity index (χ3v) is 9.90. The summed E-state index contributed by atoms with van der Waals surface area (Å²) in [5.74, 6) is 0. The molecule has 0 bridgehead atoms. The van der Waals surface area contributed by atoms with Gasteiger partial charge in [0.15, 0.2) is 12.4 Å². The molecule has 3 heteroatoms. The van der Waals surface area contributed by atoms with Crippen molar-refractivity contribution in [2.75, 3.05) is 0 Å². The van der Waals surface area contributed by atoms with Crippen LogP contribution in [0, 0.1) is 0 Å². The van der Waals surface area contributed by atoms with Crippen LogP contribution < -0.4 is 9.13 Å². The van der Waals surface area contributed by atoms with Gasteiger partial charge in [0.25, 0.3) is 11.4 Å². The van der Waals surface area contributed by atoms with Crippen LogP contribution in [0.5, 0.6) is 0 Å². The Bertz CT molecular complexity index is 2390. The highest BCUT2D eigenvalue weighted by Gasteiger charge is 2.39. The van der Waals surface area contributed by atoms with E-state index < -0.39 is 0 Å². The van der Waals surface area contributed by atoms with Gasteiger partial charge in [-0.2, -0.15) is 9.13 Å². The minimum absolute atomic E-state index is 0.0315. The van der Waals surface area contributed by atoms with E-state index in [2.05, 4.69) is 156 Å². The molecule has 0 saturated heterocycles. The quantitative estimate of drug-likeness (QED) is 0.137. The Labute approximate surface area is 269 Å². The van der Waals surface area contributed by atoms with Crippen LogP contribution in [0.3, 0.4) is 0 Å². The first-order valence-corrected chi connectivity index (χ1v) is 16.2. The lowest BCUT2D eigenvalue weighted by atomic mass is 9.85. The minimum atomic E-state index is 0.0315. The molecule has 5 heterocycles. The van der Waals surface area contributed by atoms with Gasteiger partial charge in [-0.3, -0.25) is 4.98 Å². The molecule has 4 aromatic carbocycles. The fourth-order valence-corrected chi connectivity index (χ4v) is 7.45. The average molecular weight is 594 g/mol. The van der Waals surface area contributed by atoms with Crippen LogP contribution in [0.15, 0.2) is 134 Å². The summed E-state index contributed by atoms with van der Waals surface area (Å²) in [6.07, 6.45) is 8.23. The van der Waals surface area contributed by atoms with E-state index in [4.69, 9.17) is 0 Å². The van der Waals surface area contributed by atoms with Crippen molar-refractivity contribution in [3.63, 3.8) is 0 Å². The molecule has 0 aliphatic carbocycles. The van der Waals surface area contributed by atoms with E-state index in [-0.39, 0.29) is 5.41 Å². The van der Waals surface area contributed by atoms with Gasteiger partial charge in [-0.05, 0) is 80.6 Å². The lowest BCUT2D eigenvalue weighted by Crippen LogP contribution is -2.47. The Morgan fingerprint density at radius 1 is 0.587 bits per heavy atom. The van der Waals surface area contributed by atoms with E-state index in [0.717, 1.165) is 24.1 Å². The molecule has 0 spiro atoms. The van der Waals surface area contributed by atoms with Gasteiger partial charge in [-0.25, -0.2) is 0 Å². The molecule has 0 atom stereocenters. The molecule has 0 fully saturated rings. The summed E-state index contributed by atoms with van der Waals surface area (Å²) in [5, 5.41) is 5.20.